The number of amides is 1. The fourth-order valence-electron chi connectivity index (χ4n) is 2.10. The molecule has 114 valence electrons. The van der Waals surface area contributed by atoms with Crippen LogP contribution in [0.15, 0.2) is 61.1 Å². The second-order valence-corrected chi connectivity index (χ2v) is 5.98. The molecule has 3 rings (SSSR count). The van der Waals surface area contributed by atoms with Crippen molar-refractivity contribution in [2.45, 2.75) is 6.92 Å². The van der Waals surface area contributed by atoms with E-state index < -0.39 is 0 Å². The van der Waals surface area contributed by atoms with Crippen molar-refractivity contribution in [2.24, 2.45) is 0 Å². The Morgan fingerprint density at radius 1 is 1.17 bits per heavy atom. The van der Waals surface area contributed by atoms with Gasteiger partial charge in [0.15, 0.2) is 5.13 Å². The first-order chi connectivity index (χ1) is 11.2. The molecule has 0 unspecified atom stereocenters. The number of pyridine rings is 1. The Morgan fingerprint density at radius 2 is 2.04 bits per heavy atom. The maximum Gasteiger partial charge on any atom is 0.250 e. The van der Waals surface area contributed by atoms with E-state index in [-0.39, 0.29) is 5.91 Å². The van der Waals surface area contributed by atoms with Crippen LogP contribution in [-0.2, 0) is 4.79 Å². The molecule has 0 saturated carbocycles. The molecule has 0 spiro atoms. The van der Waals surface area contributed by atoms with Crippen LogP contribution in [0.3, 0.4) is 0 Å². The van der Waals surface area contributed by atoms with Gasteiger partial charge in [0.1, 0.15) is 0 Å². The summed E-state index contributed by atoms with van der Waals surface area (Å²) in [5.41, 5.74) is 3.20. The molecule has 0 fully saturated rings. The summed E-state index contributed by atoms with van der Waals surface area (Å²) in [6, 6.07) is 11.8. The highest BCUT2D eigenvalue weighted by Crippen LogP contribution is 2.30. The first-order valence-electron chi connectivity index (χ1n) is 7.13. The Morgan fingerprint density at radius 3 is 2.83 bits per heavy atom. The first kappa shape index (κ1) is 15.1. The van der Waals surface area contributed by atoms with Gasteiger partial charge in [-0.3, -0.25) is 15.1 Å². The van der Waals surface area contributed by atoms with Gasteiger partial charge in [-0.1, -0.05) is 41.7 Å². The molecule has 5 heteroatoms. The predicted octanol–water partition coefficient (Wildman–Crippen LogP) is 4.17. The highest BCUT2D eigenvalue weighted by molar-refractivity contribution is 7.19. The maximum absolute atomic E-state index is 11.9. The van der Waals surface area contributed by atoms with E-state index >= 15 is 0 Å². The van der Waals surface area contributed by atoms with E-state index in [0.717, 1.165) is 16.0 Å². The second-order valence-electron chi connectivity index (χ2n) is 4.95. The molecule has 0 aliphatic carbocycles. The normalized spacial score (nSPS) is 10.8. The first-order valence-corrected chi connectivity index (χ1v) is 7.95. The summed E-state index contributed by atoms with van der Waals surface area (Å²) >= 11 is 1.46. The van der Waals surface area contributed by atoms with Crippen molar-refractivity contribution in [1.29, 1.82) is 0 Å². The van der Waals surface area contributed by atoms with Crippen molar-refractivity contribution in [3.8, 4) is 10.4 Å². The Kier molecular flexibility index (Phi) is 4.59. The van der Waals surface area contributed by atoms with Crippen molar-refractivity contribution in [1.82, 2.24) is 9.97 Å². The molecule has 1 amide bonds. The summed E-state index contributed by atoms with van der Waals surface area (Å²) in [7, 11) is 0. The minimum atomic E-state index is -0.209. The topological polar surface area (TPSA) is 54.9 Å². The molecule has 3 aromatic rings. The lowest BCUT2D eigenvalue weighted by atomic mass is 10.1. The van der Waals surface area contributed by atoms with Crippen molar-refractivity contribution >= 4 is 28.5 Å². The van der Waals surface area contributed by atoms with Gasteiger partial charge in [-0.05, 0) is 35.8 Å². The molecule has 2 aromatic heterocycles. The molecular formula is C18H15N3OS. The zero-order valence-electron chi connectivity index (χ0n) is 12.6. The van der Waals surface area contributed by atoms with Gasteiger partial charge in [0, 0.05) is 24.7 Å². The summed E-state index contributed by atoms with van der Waals surface area (Å²) < 4.78 is 0. The average Bonchev–Trinajstić information content (AvgIpc) is 3.02. The van der Waals surface area contributed by atoms with Gasteiger partial charge in [0.25, 0.3) is 0 Å². The van der Waals surface area contributed by atoms with E-state index in [1.807, 2.05) is 24.3 Å². The predicted molar refractivity (Wildman–Crippen MR) is 94.2 cm³/mol. The number of thiazole rings is 1. The number of anilines is 1. The van der Waals surface area contributed by atoms with Crippen molar-refractivity contribution in [3.63, 3.8) is 0 Å². The van der Waals surface area contributed by atoms with Gasteiger partial charge in [-0.2, -0.15) is 0 Å². The standard InChI is InChI=1S/C18H15N3OS/c1-13-5-2-3-7-15(13)16-12-20-18(23-16)21-17(22)9-8-14-6-4-10-19-11-14/h2-12H,1H3,(H,20,21,22)/b9-8+. The zero-order valence-corrected chi connectivity index (χ0v) is 13.4. The number of aromatic nitrogens is 2. The number of benzene rings is 1. The summed E-state index contributed by atoms with van der Waals surface area (Å²) in [4.78, 5) is 21.3. The third-order valence-electron chi connectivity index (χ3n) is 3.26. The van der Waals surface area contributed by atoms with Crippen LogP contribution in [0.2, 0.25) is 0 Å². The lowest BCUT2D eigenvalue weighted by molar-refractivity contribution is -0.111. The number of hydrogen-bond acceptors (Lipinski definition) is 4. The van der Waals surface area contributed by atoms with Crippen LogP contribution >= 0.6 is 11.3 Å². The summed E-state index contributed by atoms with van der Waals surface area (Å²) in [6.45, 7) is 2.06. The Labute approximate surface area is 138 Å². The summed E-state index contributed by atoms with van der Waals surface area (Å²) in [6.07, 6.45) is 8.38. The monoisotopic (exact) mass is 321 g/mol. The Hall–Kier alpha value is -2.79. The summed E-state index contributed by atoms with van der Waals surface area (Å²) in [5, 5.41) is 3.37. The largest absolute Gasteiger partial charge is 0.298 e. The minimum absolute atomic E-state index is 0.209. The van der Waals surface area contributed by atoms with Crippen LogP contribution in [0.4, 0.5) is 5.13 Å². The Bertz CT molecular complexity index is 840. The second kappa shape index (κ2) is 6.98. The van der Waals surface area contributed by atoms with Gasteiger partial charge in [-0.15, -0.1) is 0 Å². The van der Waals surface area contributed by atoms with Crippen molar-refractivity contribution in [2.75, 3.05) is 5.32 Å². The number of carbonyl (C=O) groups excluding carboxylic acids is 1. The van der Waals surface area contributed by atoms with Crippen LogP contribution in [-0.4, -0.2) is 15.9 Å². The highest BCUT2D eigenvalue weighted by atomic mass is 32.1. The van der Waals surface area contributed by atoms with E-state index in [1.165, 1.54) is 23.0 Å². The fourth-order valence-corrected chi connectivity index (χ4v) is 3.01. The molecule has 0 aliphatic rings. The number of aryl methyl sites for hydroxylation is 1. The number of nitrogens with one attached hydrogen (secondary N) is 1. The van der Waals surface area contributed by atoms with Crippen LogP contribution in [0.5, 0.6) is 0 Å². The maximum atomic E-state index is 11.9. The van der Waals surface area contributed by atoms with Gasteiger partial charge in [0.2, 0.25) is 5.91 Å². The third-order valence-corrected chi connectivity index (χ3v) is 4.20. The molecule has 4 nitrogen and oxygen atoms in total. The lowest BCUT2D eigenvalue weighted by Gasteiger charge is -2.00. The van der Waals surface area contributed by atoms with Crippen molar-refractivity contribution < 1.29 is 4.79 Å². The molecule has 0 bridgehead atoms. The van der Waals surface area contributed by atoms with Crippen LogP contribution < -0.4 is 5.32 Å². The number of hydrogen-bond donors (Lipinski definition) is 1. The van der Waals surface area contributed by atoms with Gasteiger partial charge in [-0.25, -0.2) is 4.98 Å². The van der Waals surface area contributed by atoms with Gasteiger partial charge < -0.3 is 0 Å². The van der Waals surface area contributed by atoms with E-state index in [1.54, 1.807) is 24.7 Å². The number of rotatable bonds is 4. The molecule has 23 heavy (non-hydrogen) atoms. The van der Waals surface area contributed by atoms with Crippen LogP contribution in [0.1, 0.15) is 11.1 Å². The smallest absolute Gasteiger partial charge is 0.250 e. The quantitative estimate of drug-likeness (QED) is 0.734. The average molecular weight is 321 g/mol. The lowest BCUT2D eigenvalue weighted by Crippen LogP contribution is -2.07. The highest BCUT2D eigenvalue weighted by Gasteiger charge is 2.07. The third kappa shape index (κ3) is 3.90. The molecule has 0 saturated heterocycles. The van der Waals surface area contributed by atoms with E-state index in [9.17, 15) is 4.79 Å². The fraction of sp³-hybridized carbons (Fsp3) is 0.0556. The number of nitrogens with zero attached hydrogens (tertiary/aromatic N) is 2. The van der Waals surface area contributed by atoms with Crippen molar-refractivity contribution in [3.05, 3.63) is 72.2 Å². The molecule has 1 N–H and O–H groups in total. The molecule has 0 aliphatic heterocycles. The van der Waals surface area contributed by atoms with E-state index in [4.69, 9.17) is 0 Å². The zero-order chi connectivity index (χ0) is 16.1. The van der Waals surface area contributed by atoms with E-state index in [0.29, 0.717) is 5.13 Å². The number of carbonyl (C=O) groups is 1. The van der Waals surface area contributed by atoms with Crippen LogP contribution in [0, 0.1) is 6.92 Å². The molecule has 1 aromatic carbocycles. The SMILES string of the molecule is Cc1ccccc1-c1cnc(NC(=O)/C=C/c2cccnc2)s1. The molecule has 0 radical (unpaired) electrons. The molecule has 0 atom stereocenters. The van der Waals surface area contributed by atoms with E-state index in [2.05, 4.69) is 34.3 Å². The molecular weight excluding hydrogens is 306 g/mol. The Balaban J connectivity index is 1.68. The van der Waals surface area contributed by atoms with Gasteiger partial charge >= 0.3 is 0 Å². The molecule has 2 heterocycles. The van der Waals surface area contributed by atoms with Crippen LogP contribution in [0.25, 0.3) is 16.5 Å². The minimum Gasteiger partial charge on any atom is -0.298 e. The summed E-state index contributed by atoms with van der Waals surface area (Å²) in [5.74, 6) is -0.209. The van der Waals surface area contributed by atoms with Gasteiger partial charge in [0.05, 0.1) is 4.88 Å².